The van der Waals surface area contributed by atoms with Gasteiger partial charge in [-0.05, 0) is 79.2 Å². The van der Waals surface area contributed by atoms with Crippen LogP contribution in [0.2, 0.25) is 0 Å². The second-order valence-corrected chi connectivity index (χ2v) is 11.6. The van der Waals surface area contributed by atoms with Crippen LogP contribution in [0.4, 0.5) is 17.1 Å². The molecule has 3 amide bonds. The summed E-state index contributed by atoms with van der Waals surface area (Å²) in [5, 5.41) is 8.14. The number of nitrogens with one attached hydrogen (secondary N) is 3. The van der Waals surface area contributed by atoms with E-state index >= 15 is 0 Å². The zero-order valence-corrected chi connectivity index (χ0v) is 25.3. The molecule has 44 heavy (non-hydrogen) atoms. The molecule has 0 spiro atoms. The van der Waals surface area contributed by atoms with Crippen molar-refractivity contribution in [1.29, 1.82) is 0 Å². The van der Waals surface area contributed by atoms with E-state index in [4.69, 9.17) is 9.47 Å². The number of fused-ring (bicyclic) bond motifs is 1. The van der Waals surface area contributed by atoms with Gasteiger partial charge in [0.25, 0.3) is 11.8 Å². The van der Waals surface area contributed by atoms with Gasteiger partial charge >= 0.3 is 0 Å². The van der Waals surface area contributed by atoms with E-state index in [1.807, 2.05) is 68.4 Å². The first-order valence-electron chi connectivity index (χ1n) is 13.9. The van der Waals surface area contributed by atoms with Crippen LogP contribution < -0.4 is 30.3 Å². The fraction of sp³-hybridized carbons (Fsp3) is 0.147. The van der Waals surface area contributed by atoms with Crippen molar-refractivity contribution >= 4 is 52.6 Å². The number of amides is 3. The number of rotatable bonds is 10. The molecular formula is C34H32N4O5S. The van der Waals surface area contributed by atoms with Gasteiger partial charge in [-0.2, -0.15) is 0 Å². The molecule has 0 radical (unpaired) electrons. The first-order valence-corrected chi connectivity index (χ1v) is 14.8. The van der Waals surface area contributed by atoms with Crippen LogP contribution in [0.3, 0.4) is 0 Å². The molecule has 1 atom stereocenters. The molecule has 5 rings (SSSR count). The molecule has 0 aliphatic carbocycles. The Labute approximate surface area is 260 Å². The number of hydrogen-bond acceptors (Lipinski definition) is 7. The lowest BCUT2D eigenvalue weighted by atomic mass is 10.1. The molecule has 0 fully saturated rings. The van der Waals surface area contributed by atoms with E-state index in [0.29, 0.717) is 28.4 Å². The molecule has 1 heterocycles. The maximum atomic E-state index is 13.4. The van der Waals surface area contributed by atoms with Crippen LogP contribution in [0.25, 0.3) is 6.08 Å². The van der Waals surface area contributed by atoms with Crippen LogP contribution in [0, 0.1) is 0 Å². The van der Waals surface area contributed by atoms with E-state index in [2.05, 4.69) is 16.0 Å². The SMILES string of the molecule is CC(Sc1ccc(NC(=O)/C(=C/c2ccc(N(C)C)cc2)NC(=O)c2ccccc2)cc1)C(=O)Nc1ccc2c(c1)OCO2. The highest BCUT2D eigenvalue weighted by Gasteiger charge is 2.19. The third-order valence-corrected chi connectivity index (χ3v) is 7.80. The smallest absolute Gasteiger partial charge is 0.272 e. The predicted molar refractivity (Wildman–Crippen MR) is 174 cm³/mol. The van der Waals surface area contributed by atoms with Crippen LogP contribution >= 0.6 is 11.8 Å². The first kappa shape index (κ1) is 30.2. The van der Waals surface area contributed by atoms with Gasteiger partial charge in [-0.15, -0.1) is 11.8 Å². The third-order valence-electron chi connectivity index (χ3n) is 6.68. The van der Waals surface area contributed by atoms with Crippen LogP contribution in [-0.2, 0) is 9.59 Å². The van der Waals surface area contributed by atoms with Crippen molar-refractivity contribution < 1.29 is 23.9 Å². The summed E-state index contributed by atoms with van der Waals surface area (Å²) in [4.78, 5) is 41.9. The number of nitrogens with zero attached hydrogens (tertiary/aromatic N) is 1. The minimum Gasteiger partial charge on any atom is -0.454 e. The molecule has 1 aliphatic rings. The highest BCUT2D eigenvalue weighted by Crippen LogP contribution is 2.34. The standard InChI is InChI=1S/C34H32N4O5S/c1-22(32(39)36-26-13-18-30-31(20-26)43-21-42-30)44-28-16-11-25(12-17-28)35-34(41)29(37-33(40)24-7-5-4-6-8-24)19-23-9-14-27(15-10-23)38(2)3/h4-20,22H,21H2,1-3H3,(H,35,41)(H,36,39)(H,37,40)/b29-19-. The number of carbonyl (C=O) groups excluding carboxylic acids is 3. The maximum absolute atomic E-state index is 13.4. The summed E-state index contributed by atoms with van der Waals surface area (Å²) in [5.41, 5.74) is 3.48. The Balaban J connectivity index is 1.24. The fourth-order valence-corrected chi connectivity index (χ4v) is 5.14. The molecule has 0 saturated heterocycles. The molecular weight excluding hydrogens is 576 g/mol. The average Bonchev–Trinajstić information content (AvgIpc) is 3.50. The van der Waals surface area contributed by atoms with Crippen LogP contribution in [-0.4, -0.2) is 43.9 Å². The second-order valence-electron chi connectivity index (χ2n) is 10.2. The van der Waals surface area contributed by atoms with Crippen molar-refractivity contribution in [3.63, 3.8) is 0 Å². The lowest BCUT2D eigenvalue weighted by Gasteiger charge is -2.14. The molecule has 0 aromatic heterocycles. The van der Waals surface area contributed by atoms with Crippen molar-refractivity contribution in [2.45, 2.75) is 17.1 Å². The van der Waals surface area contributed by atoms with Gasteiger partial charge in [-0.25, -0.2) is 0 Å². The molecule has 3 N–H and O–H groups in total. The number of anilines is 3. The van der Waals surface area contributed by atoms with Gasteiger partial charge < -0.3 is 30.3 Å². The van der Waals surface area contributed by atoms with Gasteiger partial charge in [0, 0.05) is 47.7 Å². The summed E-state index contributed by atoms with van der Waals surface area (Å²) < 4.78 is 10.7. The average molecular weight is 609 g/mol. The topological polar surface area (TPSA) is 109 Å². The second kappa shape index (κ2) is 13.8. The summed E-state index contributed by atoms with van der Waals surface area (Å²) >= 11 is 1.39. The quantitative estimate of drug-likeness (QED) is 0.149. The van der Waals surface area contributed by atoms with Crippen molar-refractivity contribution in [2.75, 3.05) is 36.4 Å². The van der Waals surface area contributed by atoms with E-state index < -0.39 is 11.8 Å². The van der Waals surface area contributed by atoms with Gasteiger partial charge in [0.05, 0.1) is 5.25 Å². The number of hydrogen-bond donors (Lipinski definition) is 3. The molecule has 1 aliphatic heterocycles. The van der Waals surface area contributed by atoms with E-state index in [1.54, 1.807) is 60.7 Å². The molecule has 4 aromatic rings. The van der Waals surface area contributed by atoms with Crippen LogP contribution in [0.1, 0.15) is 22.8 Å². The summed E-state index contributed by atoms with van der Waals surface area (Å²) in [6.45, 7) is 1.99. The Kier molecular flexibility index (Phi) is 9.51. The van der Waals surface area contributed by atoms with Crippen LogP contribution in [0.5, 0.6) is 11.5 Å². The fourth-order valence-electron chi connectivity index (χ4n) is 4.27. The number of carbonyl (C=O) groups is 3. The predicted octanol–water partition coefficient (Wildman–Crippen LogP) is 6.01. The Hall–Kier alpha value is -5.22. The summed E-state index contributed by atoms with van der Waals surface area (Å²) in [7, 11) is 3.90. The molecule has 10 heteroatoms. The van der Waals surface area contributed by atoms with E-state index in [1.165, 1.54) is 11.8 Å². The van der Waals surface area contributed by atoms with Crippen molar-refractivity contribution in [1.82, 2.24) is 5.32 Å². The molecule has 224 valence electrons. The molecule has 4 aromatic carbocycles. The molecule has 0 bridgehead atoms. The Morgan fingerprint density at radius 2 is 1.50 bits per heavy atom. The highest BCUT2D eigenvalue weighted by atomic mass is 32.2. The summed E-state index contributed by atoms with van der Waals surface area (Å²) in [6, 6.07) is 28.8. The van der Waals surface area contributed by atoms with Gasteiger partial charge in [-0.1, -0.05) is 30.3 Å². The minimum absolute atomic E-state index is 0.101. The Morgan fingerprint density at radius 1 is 0.818 bits per heavy atom. The van der Waals surface area contributed by atoms with E-state index in [0.717, 1.165) is 16.1 Å². The minimum atomic E-state index is -0.470. The number of benzene rings is 4. The molecule has 9 nitrogen and oxygen atoms in total. The van der Waals surface area contributed by atoms with E-state index in [-0.39, 0.29) is 23.6 Å². The van der Waals surface area contributed by atoms with Gasteiger partial charge in [0.15, 0.2) is 11.5 Å². The Bertz CT molecular complexity index is 1670. The van der Waals surface area contributed by atoms with Crippen LogP contribution in [0.15, 0.2) is 108 Å². The zero-order valence-electron chi connectivity index (χ0n) is 24.5. The van der Waals surface area contributed by atoms with Crippen molar-refractivity contribution in [2.24, 2.45) is 0 Å². The third kappa shape index (κ3) is 7.78. The number of thioether (sulfide) groups is 1. The first-order chi connectivity index (χ1) is 21.2. The molecule has 1 unspecified atom stereocenters. The molecule has 0 saturated carbocycles. The lowest BCUT2D eigenvalue weighted by molar-refractivity contribution is -0.115. The van der Waals surface area contributed by atoms with Gasteiger partial charge in [-0.3, -0.25) is 14.4 Å². The Morgan fingerprint density at radius 3 is 2.20 bits per heavy atom. The highest BCUT2D eigenvalue weighted by molar-refractivity contribution is 8.00. The maximum Gasteiger partial charge on any atom is 0.272 e. The van der Waals surface area contributed by atoms with Gasteiger partial charge in [0.2, 0.25) is 12.7 Å². The normalized spacial score (nSPS) is 12.7. The summed E-state index contributed by atoms with van der Waals surface area (Å²) in [5.74, 6) is 0.228. The summed E-state index contributed by atoms with van der Waals surface area (Å²) in [6.07, 6.45) is 1.64. The monoisotopic (exact) mass is 608 g/mol. The lowest BCUT2D eigenvalue weighted by Crippen LogP contribution is -2.30. The van der Waals surface area contributed by atoms with Crippen molar-refractivity contribution in [3.05, 3.63) is 114 Å². The van der Waals surface area contributed by atoms with E-state index in [9.17, 15) is 14.4 Å². The largest absolute Gasteiger partial charge is 0.454 e. The van der Waals surface area contributed by atoms with Crippen molar-refractivity contribution in [3.8, 4) is 11.5 Å². The zero-order chi connectivity index (χ0) is 31.1. The van der Waals surface area contributed by atoms with Gasteiger partial charge in [0.1, 0.15) is 5.70 Å². The number of ether oxygens (including phenoxy) is 2.